The number of carbonyl (C=O) groups is 3. The summed E-state index contributed by atoms with van der Waals surface area (Å²) in [6, 6.07) is 9.21. The summed E-state index contributed by atoms with van der Waals surface area (Å²) in [6.07, 6.45) is 7.05. The molecule has 17 atom stereocenters. The fourth-order valence-corrected chi connectivity index (χ4v) is 11.5. The van der Waals surface area contributed by atoms with Crippen molar-refractivity contribution < 1.29 is 52.3 Å². The molecule has 0 N–H and O–H groups in total. The number of fused-ring (bicyclic) bond motifs is 5. The molecule has 1 amide bonds. The molecule has 0 bridgehead atoms. The number of hydrogen-bond donors (Lipinski definition) is 0. The number of amides is 1. The Morgan fingerprint density at radius 2 is 1.55 bits per heavy atom. The molecule has 3 aliphatic heterocycles. The van der Waals surface area contributed by atoms with E-state index in [1.807, 2.05) is 58.2 Å². The third-order valence-electron chi connectivity index (χ3n) is 14.8. The van der Waals surface area contributed by atoms with Crippen LogP contribution in [0.3, 0.4) is 0 Å². The SMILES string of the molecule is CC[C@H]1CCC[C@H](O[C@H]2CC[C@H](N(C)C(=O)c3ccccc3)C(C)O2)[C@@H](C)C(=O)C2=C[C@@H]3[C@@H](C=C(C)[C@@H]4C[C@@H](OC5OC(C)C(OC)C(OC)C5OC)C[C@@H]34)[C@@H]2CC(=O)O1. The molecule has 332 valence electrons. The molecule has 3 heterocycles. The van der Waals surface area contributed by atoms with Gasteiger partial charge in [-0.1, -0.05) is 49.8 Å². The number of methoxy groups -OCH3 is 3. The van der Waals surface area contributed by atoms with Gasteiger partial charge < -0.3 is 42.8 Å². The van der Waals surface area contributed by atoms with Crippen molar-refractivity contribution in [2.45, 2.75) is 160 Å². The number of carbonyl (C=O) groups excluding carboxylic acids is 3. The van der Waals surface area contributed by atoms with Crippen molar-refractivity contribution in [3.05, 3.63) is 59.2 Å². The highest BCUT2D eigenvalue weighted by atomic mass is 16.7. The van der Waals surface area contributed by atoms with Crippen molar-refractivity contribution in [1.29, 1.82) is 0 Å². The second-order valence-corrected chi connectivity index (χ2v) is 18.3. The van der Waals surface area contributed by atoms with Crippen molar-refractivity contribution >= 4 is 17.7 Å². The van der Waals surface area contributed by atoms with E-state index in [4.69, 9.17) is 37.9 Å². The Morgan fingerprint density at radius 3 is 2.23 bits per heavy atom. The number of nitrogens with zero attached hydrogens (tertiary/aromatic N) is 1. The van der Waals surface area contributed by atoms with Gasteiger partial charge in [-0.3, -0.25) is 14.4 Å². The number of Topliss-reactive ketones (excluding diaryl/α,β-unsaturated/α-hetero) is 1. The summed E-state index contributed by atoms with van der Waals surface area (Å²) >= 11 is 0. The first-order valence-electron chi connectivity index (χ1n) is 22.5. The monoisotopic (exact) mass is 835 g/mol. The summed E-state index contributed by atoms with van der Waals surface area (Å²) in [7, 11) is 6.79. The standard InChI is InChI=1S/C48H69NO11/c1-10-31-17-14-18-40(60-42-20-19-39(28(4)56-42)49(6)47(52)30-15-12-11-13-16-30)27(3)43(51)38-24-36-34(37(38)25-41(50)58-31)21-26(2)33-22-32(23-35(33)36)59-48-46(55-9)45(54-8)44(53-7)29(5)57-48/h11-13,15-16,21,24,27-29,31-37,39-40,42,44-46,48H,10,14,17-20,22-23,25H2,1-9H3/t27-,28?,29?,31+,32-,33+,34-,35-,36-,37+,39+,40+,42+,44?,45?,46?,48?/m1/s1. The highest BCUT2D eigenvalue weighted by Gasteiger charge is 2.54. The van der Waals surface area contributed by atoms with E-state index in [2.05, 4.69) is 26.0 Å². The van der Waals surface area contributed by atoms with Gasteiger partial charge in [0, 0.05) is 52.2 Å². The molecule has 1 aromatic rings. The molecule has 0 aromatic heterocycles. The number of esters is 1. The minimum absolute atomic E-state index is 0.000795. The molecule has 1 saturated carbocycles. The van der Waals surface area contributed by atoms with Crippen LogP contribution in [0.4, 0.5) is 0 Å². The van der Waals surface area contributed by atoms with E-state index in [0.717, 1.165) is 37.7 Å². The summed E-state index contributed by atoms with van der Waals surface area (Å²) in [5, 5.41) is 0. The van der Waals surface area contributed by atoms with Gasteiger partial charge in [-0.05, 0) is 107 Å². The van der Waals surface area contributed by atoms with E-state index in [1.165, 1.54) is 5.57 Å². The minimum atomic E-state index is -0.621. The summed E-state index contributed by atoms with van der Waals surface area (Å²) in [4.78, 5) is 43.7. The molecular formula is C48H69NO11. The molecule has 6 unspecified atom stereocenters. The second kappa shape index (κ2) is 19.6. The van der Waals surface area contributed by atoms with E-state index >= 15 is 0 Å². The quantitative estimate of drug-likeness (QED) is 0.177. The first-order chi connectivity index (χ1) is 28.9. The highest BCUT2D eigenvalue weighted by molar-refractivity contribution is 5.99. The van der Waals surface area contributed by atoms with Crippen molar-refractivity contribution in [1.82, 2.24) is 4.90 Å². The van der Waals surface area contributed by atoms with Gasteiger partial charge in [0.2, 0.25) is 0 Å². The number of likely N-dealkylation sites (N-methyl/N-ethyl adjacent to an activating group) is 1. The van der Waals surface area contributed by atoms with Crippen LogP contribution in [-0.2, 0) is 47.5 Å². The Kier molecular flexibility index (Phi) is 14.7. The number of cyclic esters (lactones) is 1. The van der Waals surface area contributed by atoms with Gasteiger partial charge in [0.25, 0.3) is 5.91 Å². The maximum absolute atomic E-state index is 14.9. The Morgan fingerprint density at radius 1 is 0.817 bits per heavy atom. The van der Waals surface area contributed by atoms with E-state index in [1.54, 1.807) is 26.2 Å². The van der Waals surface area contributed by atoms with Gasteiger partial charge in [0.1, 0.15) is 24.4 Å². The number of benzene rings is 1. The van der Waals surface area contributed by atoms with Gasteiger partial charge >= 0.3 is 5.97 Å². The zero-order chi connectivity index (χ0) is 42.8. The predicted octanol–water partition coefficient (Wildman–Crippen LogP) is 7.09. The fourth-order valence-electron chi connectivity index (χ4n) is 11.5. The second-order valence-electron chi connectivity index (χ2n) is 18.3. The molecule has 4 fully saturated rings. The molecule has 1 aromatic carbocycles. The average molecular weight is 836 g/mol. The zero-order valence-electron chi connectivity index (χ0n) is 37.2. The van der Waals surface area contributed by atoms with Crippen molar-refractivity contribution in [2.24, 2.45) is 35.5 Å². The number of hydrogen-bond acceptors (Lipinski definition) is 11. The van der Waals surface area contributed by atoms with Crippen molar-refractivity contribution in [3.63, 3.8) is 0 Å². The van der Waals surface area contributed by atoms with E-state index < -0.39 is 24.6 Å². The Hall–Kier alpha value is -2.97. The molecule has 3 aliphatic carbocycles. The van der Waals surface area contributed by atoms with Crippen LogP contribution in [0, 0.1) is 35.5 Å². The molecule has 3 saturated heterocycles. The van der Waals surface area contributed by atoms with Crippen LogP contribution >= 0.6 is 0 Å². The molecule has 0 radical (unpaired) electrons. The van der Waals surface area contributed by atoms with Crippen LogP contribution < -0.4 is 0 Å². The third kappa shape index (κ3) is 9.22. The minimum Gasteiger partial charge on any atom is -0.462 e. The number of ether oxygens (including phenoxy) is 8. The first-order valence-corrected chi connectivity index (χ1v) is 22.5. The number of ketones is 1. The van der Waals surface area contributed by atoms with Gasteiger partial charge in [-0.15, -0.1) is 0 Å². The predicted molar refractivity (Wildman–Crippen MR) is 224 cm³/mol. The molecule has 60 heavy (non-hydrogen) atoms. The lowest BCUT2D eigenvalue weighted by Gasteiger charge is -2.44. The van der Waals surface area contributed by atoms with E-state index in [-0.39, 0.29) is 102 Å². The Labute approximate surface area is 356 Å². The van der Waals surface area contributed by atoms with Crippen molar-refractivity contribution in [3.8, 4) is 0 Å². The third-order valence-corrected chi connectivity index (χ3v) is 14.8. The lowest BCUT2D eigenvalue weighted by atomic mass is 9.67. The summed E-state index contributed by atoms with van der Waals surface area (Å²) < 4.78 is 50.0. The molecule has 12 nitrogen and oxygen atoms in total. The lowest BCUT2D eigenvalue weighted by Crippen LogP contribution is -2.59. The average Bonchev–Trinajstić information content (AvgIpc) is 3.83. The van der Waals surface area contributed by atoms with Crippen LogP contribution in [0.5, 0.6) is 0 Å². The maximum Gasteiger partial charge on any atom is 0.306 e. The molecule has 12 heteroatoms. The van der Waals surface area contributed by atoms with E-state index in [0.29, 0.717) is 24.8 Å². The normalized spacial score (nSPS) is 41.1. The molecule has 0 spiro atoms. The summed E-state index contributed by atoms with van der Waals surface area (Å²) in [5.74, 6) is -0.388. The summed E-state index contributed by atoms with van der Waals surface area (Å²) in [5.41, 5.74) is 2.65. The van der Waals surface area contributed by atoms with Crippen LogP contribution in [0.2, 0.25) is 0 Å². The lowest BCUT2D eigenvalue weighted by molar-refractivity contribution is -0.314. The number of allylic oxidation sites excluding steroid dienone is 4. The first kappa shape index (κ1) is 45.1. The molecule has 7 rings (SSSR count). The fraction of sp³-hybridized carbons (Fsp3) is 0.729. The largest absolute Gasteiger partial charge is 0.462 e. The Bertz CT molecular complexity index is 1720. The van der Waals surface area contributed by atoms with Gasteiger partial charge in [-0.2, -0.15) is 0 Å². The number of rotatable bonds is 10. The zero-order valence-corrected chi connectivity index (χ0v) is 37.2. The highest BCUT2D eigenvalue weighted by Crippen LogP contribution is 2.56. The van der Waals surface area contributed by atoms with Crippen LogP contribution in [0.25, 0.3) is 0 Å². The van der Waals surface area contributed by atoms with E-state index in [9.17, 15) is 14.4 Å². The summed E-state index contributed by atoms with van der Waals surface area (Å²) in [6.45, 7) is 10.2. The van der Waals surface area contributed by atoms with Gasteiger partial charge in [0.05, 0.1) is 36.9 Å². The van der Waals surface area contributed by atoms with Crippen LogP contribution in [-0.4, -0.2) is 118 Å². The maximum atomic E-state index is 14.9. The van der Waals surface area contributed by atoms with Crippen molar-refractivity contribution in [2.75, 3.05) is 28.4 Å². The van der Waals surface area contributed by atoms with Gasteiger partial charge in [0.15, 0.2) is 18.4 Å². The van der Waals surface area contributed by atoms with Gasteiger partial charge in [-0.25, -0.2) is 0 Å². The topological polar surface area (TPSA) is 128 Å². The molecular weight excluding hydrogens is 767 g/mol. The van der Waals surface area contributed by atoms with Crippen LogP contribution in [0.15, 0.2) is 53.6 Å². The van der Waals surface area contributed by atoms with Crippen LogP contribution in [0.1, 0.15) is 103 Å². The molecule has 6 aliphatic rings. The smallest absolute Gasteiger partial charge is 0.306 e. The Balaban J connectivity index is 1.08.